The van der Waals surface area contributed by atoms with Gasteiger partial charge in [-0.3, -0.25) is 4.98 Å². The molecule has 5 rings (SSSR count). The van der Waals surface area contributed by atoms with Gasteiger partial charge in [0.1, 0.15) is 23.9 Å². The summed E-state index contributed by atoms with van der Waals surface area (Å²) in [6.07, 6.45) is 5.03. The Morgan fingerprint density at radius 1 is 0.919 bits per heavy atom. The molecule has 5 aromatic rings. The van der Waals surface area contributed by atoms with Crippen molar-refractivity contribution in [1.82, 2.24) is 14.3 Å². The van der Waals surface area contributed by atoms with E-state index in [9.17, 15) is 5.26 Å². The highest BCUT2D eigenvalue weighted by atomic mass is 32.2. The van der Waals surface area contributed by atoms with Gasteiger partial charge in [0.2, 0.25) is 5.13 Å². The Morgan fingerprint density at radius 2 is 1.73 bits per heavy atom. The molecule has 1 N–H and O–H groups in total. The average molecular weight is 522 g/mol. The molecular weight excluding hydrogens is 498 g/mol. The van der Waals surface area contributed by atoms with Gasteiger partial charge in [-0.2, -0.15) is 9.64 Å². The second-order valence-corrected chi connectivity index (χ2v) is 10.2. The summed E-state index contributed by atoms with van der Waals surface area (Å²) in [5, 5.41) is 10.5. The Labute approximate surface area is 224 Å². The van der Waals surface area contributed by atoms with Crippen LogP contribution in [0.5, 0.6) is 11.5 Å². The minimum atomic E-state index is 0.443. The quantitative estimate of drug-likeness (QED) is 0.206. The van der Waals surface area contributed by atoms with Gasteiger partial charge in [-0.25, -0.2) is 4.98 Å². The maximum absolute atomic E-state index is 9.83. The molecule has 0 atom stereocenters. The third kappa shape index (κ3) is 5.80. The second kappa shape index (κ2) is 11.2. The van der Waals surface area contributed by atoms with Crippen molar-refractivity contribution in [2.75, 3.05) is 4.72 Å². The molecule has 0 bridgehead atoms. The van der Waals surface area contributed by atoms with Gasteiger partial charge in [0.05, 0.1) is 5.56 Å². The SMILES string of the molecule is CC(C)c1cccc(-c2ccc(Oc3ccc(SNc4ncns4)cc3C#N)c(-c3ccncc3)c2)c1. The molecule has 0 saturated carbocycles. The zero-order chi connectivity index (χ0) is 25.6. The van der Waals surface area contributed by atoms with Crippen LogP contribution in [0.25, 0.3) is 22.3 Å². The van der Waals surface area contributed by atoms with Crippen molar-refractivity contribution in [3.05, 3.63) is 103 Å². The summed E-state index contributed by atoms with van der Waals surface area (Å²) in [4.78, 5) is 9.15. The molecular formula is C29H23N5OS2. The van der Waals surface area contributed by atoms with Gasteiger partial charge in [-0.15, -0.1) is 0 Å². The number of anilines is 1. The van der Waals surface area contributed by atoms with Crippen LogP contribution in [0.3, 0.4) is 0 Å². The smallest absolute Gasteiger partial charge is 0.212 e. The molecule has 2 heterocycles. The number of aromatic nitrogens is 3. The maximum Gasteiger partial charge on any atom is 0.212 e. The van der Waals surface area contributed by atoms with E-state index >= 15 is 0 Å². The molecule has 0 aliphatic heterocycles. The number of benzene rings is 3. The molecule has 8 heteroatoms. The minimum absolute atomic E-state index is 0.443. The first-order valence-electron chi connectivity index (χ1n) is 11.7. The normalized spacial score (nSPS) is 10.8. The summed E-state index contributed by atoms with van der Waals surface area (Å²) in [6, 6.07) is 26.5. The molecule has 2 aromatic heterocycles. The van der Waals surface area contributed by atoms with Gasteiger partial charge >= 0.3 is 0 Å². The Kier molecular flexibility index (Phi) is 7.45. The van der Waals surface area contributed by atoms with Crippen molar-refractivity contribution in [3.63, 3.8) is 0 Å². The van der Waals surface area contributed by atoms with Crippen LogP contribution >= 0.6 is 23.5 Å². The van der Waals surface area contributed by atoms with E-state index in [0.717, 1.165) is 27.1 Å². The fourth-order valence-electron chi connectivity index (χ4n) is 3.82. The highest BCUT2D eigenvalue weighted by Crippen LogP contribution is 2.38. The second-order valence-electron chi connectivity index (χ2n) is 8.55. The molecule has 182 valence electrons. The van der Waals surface area contributed by atoms with Crippen LogP contribution in [0.15, 0.2) is 96.4 Å². The minimum Gasteiger partial charge on any atom is -0.455 e. The number of nitrogens with zero attached hydrogens (tertiary/aromatic N) is 4. The fourth-order valence-corrected chi connectivity index (χ4v) is 4.95. The maximum atomic E-state index is 9.83. The highest BCUT2D eigenvalue weighted by molar-refractivity contribution is 8.00. The number of hydrogen-bond acceptors (Lipinski definition) is 8. The standard InChI is InChI=1S/C29H23N5OS2/c1-19(2)21-4-3-5-22(14-21)23-6-8-28(26(16-23)20-10-12-31-13-11-20)35-27-9-7-25(15-24(27)17-30)36-34-29-32-18-33-37-29/h3-16,18-19H,1-2H3,(H,32,33,34). The fraction of sp³-hybridized carbons (Fsp3) is 0.103. The average Bonchev–Trinajstić information content (AvgIpc) is 3.47. The van der Waals surface area contributed by atoms with E-state index in [1.165, 1.54) is 35.4 Å². The van der Waals surface area contributed by atoms with Gasteiger partial charge in [-0.1, -0.05) is 44.2 Å². The molecule has 0 unspecified atom stereocenters. The summed E-state index contributed by atoms with van der Waals surface area (Å²) < 4.78 is 13.5. The predicted molar refractivity (Wildman–Crippen MR) is 150 cm³/mol. The van der Waals surface area contributed by atoms with Crippen molar-refractivity contribution < 1.29 is 4.74 Å². The topological polar surface area (TPSA) is 83.7 Å². The van der Waals surface area contributed by atoms with Crippen molar-refractivity contribution >= 4 is 28.6 Å². The first-order valence-corrected chi connectivity index (χ1v) is 13.3. The first-order chi connectivity index (χ1) is 18.1. The molecule has 0 aliphatic rings. The van der Waals surface area contributed by atoms with Gasteiger partial charge in [0.15, 0.2) is 0 Å². The van der Waals surface area contributed by atoms with E-state index in [4.69, 9.17) is 4.74 Å². The van der Waals surface area contributed by atoms with Crippen molar-refractivity contribution in [2.24, 2.45) is 0 Å². The van der Waals surface area contributed by atoms with E-state index in [1.807, 2.05) is 30.3 Å². The van der Waals surface area contributed by atoms with Gasteiger partial charge in [-0.05, 0) is 82.6 Å². The van der Waals surface area contributed by atoms with E-state index in [0.29, 0.717) is 28.1 Å². The van der Waals surface area contributed by atoms with E-state index in [1.54, 1.807) is 18.5 Å². The zero-order valence-electron chi connectivity index (χ0n) is 20.3. The lowest BCUT2D eigenvalue weighted by Gasteiger charge is -2.15. The van der Waals surface area contributed by atoms with E-state index < -0.39 is 0 Å². The lowest BCUT2D eigenvalue weighted by Crippen LogP contribution is -1.94. The van der Waals surface area contributed by atoms with Crippen LogP contribution in [0.2, 0.25) is 0 Å². The molecule has 0 amide bonds. The lowest BCUT2D eigenvalue weighted by atomic mass is 9.95. The number of rotatable bonds is 8. The first kappa shape index (κ1) is 24.5. The van der Waals surface area contributed by atoms with Crippen LogP contribution in [0, 0.1) is 11.3 Å². The Morgan fingerprint density at radius 3 is 2.49 bits per heavy atom. The third-order valence-electron chi connectivity index (χ3n) is 5.77. The summed E-state index contributed by atoms with van der Waals surface area (Å²) >= 11 is 2.64. The Balaban J connectivity index is 1.48. The number of nitriles is 1. The Hall–Kier alpha value is -4.19. The van der Waals surface area contributed by atoms with Crippen LogP contribution in [-0.4, -0.2) is 14.3 Å². The summed E-state index contributed by atoms with van der Waals surface area (Å²) in [6.45, 7) is 4.39. The van der Waals surface area contributed by atoms with Crippen molar-refractivity contribution in [2.45, 2.75) is 24.7 Å². The largest absolute Gasteiger partial charge is 0.455 e. The van der Waals surface area contributed by atoms with Crippen LogP contribution in [-0.2, 0) is 0 Å². The van der Waals surface area contributed by atoms with Gasteiger partial charge < -0.3 is 9.46 Å². The summed E-state index contributed by atoms with van der Waals surface area (Å²) in [7, 11) is 0. The third-order valence-corrected chi connectivity index (χ3v) is 7.26. The number of hydrogen-bond donors (Lipinski definition) is 1. The Bertz CT molecular complexity index is 1550. The van der Waals surface area contributed by atoms with E-state index in [-0.39, 0.29) is 0 Å². The molecule has 0 radical (unpaired) electrons. The molecule has 37 heavy (non-hydrogen) atoms. The van der Waals surface area contributed by atoms with Crippen LogP contribution < -0.4 is 9.46 Å². The van der Waals surface area contributed by atoms with Gasteiger partial charge in [0.25, 0.3) is 0 Å². The van der Waals surface area contributed by atoms with Gasteiger partial charge in [0, 0.05) is 34.4 Å². The van der Waals surface area contributed by atoms with Crippen LogP contribution in [0.1, 0.15) is 30.9 Å². The molecule has 0 fully saturated rings. The lowest BCUT2D eigenvalue weighted by molar-refractivity contribution is 0.482. The molecule has 3 aromatic carbocycles. The molecule has 0 spiro atoms. The summed E-state index contributed by atoms with van der Waals surface area (Å²) in [5.41, 5.74) is 5.89. The monoisotopic (exact) mass is 521 g/mol. The molecule has 0 saturated heterocycles. The summed E-state index contributed by atoms with van der Waals surface area (Å²) in [5.74, 6) is 1.60. The number of ether oxygens (including phenoxy) is 1. The molecule has 0 aliphatic carbocycles. The number of nitrogens with one attached hydrogen (secondary N) is 1. The van der Waals surface area contributed by atoms with Crippen LogP contribution in [0.4, 0.5) is 5.13 Å². The molecule has 6 nitrogen and oxygen atoms in total. The number of pyridine rings is 1. The van der Waals surface area contributed by atoms with E-state index in [2.05, 4.69) is 75.4 Å². The van der Waals surface area contributed by atoms with Crippen molar-refractivity contribution in [3.8, 4) is 39.8 Å². The zero-order valence-corrected chi connectivity index (χ0v) is 21.9. The van der Waals surface area contributed by atoms with Crippen molar-refractivity contribution in [1.29, 1.82) is 5.26 Å². The highest BCUT2D eigenvalue weighted by Gasteiger charge is 2.14. The predicted octanol–water partition coefficient (Wildman–Crippen LogP) is 8.17.